The smallest absolute Gasteiger partial charge is 0.406 e. The molecule has 0 aromatic heterocycles. The number of hydrogen-bond donors (Lipinski definition) is 1. The highest BCUT2D eigenvalue weighted by molar-refractivity contribution is 5.79. The van der Waals surface area contributed by atoms with E-state index in [1.54, 1.807) is 6.07 Å². The molecule has 1 amide bonds. The van der Waals surface area contributed by atoms with Gasteiger partial charge in [0.1, 0.15) is 5.75 Å². The lowest BCUT2D eigenvalue weighted by Crippen LogP contribution is -2.42. The number of ether oxygens (including phenoxy) is 1. The Morgan fingerprint density at radius 3 is 2.70 bits per heavy atom. The van der Waals surface area contributed by atoms with Crippen molar-refractivity contribution in [2.24, 2.45) is 0 Å². The van der Waals surface area contributed by atoms with Crippen LogP contribution in [0.3, 0.4) is 0 Å². The van der Waals surface area contributed by atoms with Crippen molar-refractivity contribution in [3.8, 4) is 5.75 Å². The van der Waals surface area contributed by atoms with E-state index < -0.39 is 6.36 Å². The van der Waals surface area contributed by atoms with Gasteiger partial charge >= 0.3 is 6.36 Å². The van der Waals surface area contributed by atoms with Crippen LogP contribution in [-0.4, -0.2) is 17.8 Å². The molecular weight excluding hydrogens is 271 g/mol. The summed E-state index contributed by atoms with van der Waals surface area (Å²) in [6.07, 6.45) is -2.28. The van der Waals surface area contributed by atoms with E-state index >= 15 is 0 Å². The Morgan fingerprint density at radius 1 is 1.40 bits per heavy atom. The van der Waals surface area contributed by atoms with Crippen molar-refractivity contribution < 1.29 is 22.7 Å². The third-order valence-electron chi connectivity index (χ3n) is 3.59. The van der Waals surface area contributed by atoms with Gasteiger partial charge in [-0.2, -0.15) is 0 Å². The summed E-state index contributed by atoms with van der Waals surface area (Å²) in [5, 5.41) is 2.93. The van der Waals surface area contributed by atoms with Crippen LogP contribution in [0.1, 0.15) is 31.7 Å². The fourth-order valence-corrected chi connectivity index (χ4v) is 2.54. The highest BCUT2D eigenvalue weighted by Crippen LogP contribution is 2.30. The van der Waals surface area contributed by atoms with Crippen molar-refractivity contribution in [1.29, 1.82) is 0 Å². The zero-order chi connectivity index (χ0) is 14.8. The van der Waals surface area contributed by atoms with Gasteiger partial charge in [0.15, 0.2) is 0 Å². The van der Waals surface area contributed by atoms with Crippen molar-refractivity contribution in [3.63, 3.8) is 0 Å². The van der Waals surface area contributed by atoms with Gasteiger partial charge in [-0.3, -0.25) is 4.79 Å². The first-order valence-electron chi connectivity index (χ1n) is 6.48. The molecule has 1 heterocycles. The molecule has 1 atom stereocenters. The quantitative estimate of drug-likeness (QED) is 0.923. The summed E-state index contributed by atoms with van der Waals surface area (Å²) in [5.41, 5.74) is 0.365. The predicted molar refractivity (Wildman–Crippen MR) is 67.2 cm³/mol. The molecule has 1 N–H and O–H groups in total. The van der Waals surface area contributed by atoms with Crippen LogP contribution in [0, 0.1) is 0 Å². The maximum atomic E-state index is 12.2. The molecule has 1 saturated heterocycles. The molecule has 0 bridgehead atoms. The first-order chi connectivity index (χ1) is 9.32. The highest BCUT2D eigenvalue weighted by Gasteiger charge is 2.36. The first kappa shape index (κ1) is 14.7. The number of carbonyl (C=O) groups excluding carboxylic acids is 1. The summed E-state index contributed by atoms with van der Waals surface area (Å²) in [6, 6.07) is 5.90. The second-order valence-corrected chi connectivity index (χ2v) is 5.05. The third kappa shape index (κ3) is 3.65. The summed E-state index contributed by atoms with van der Waals surface area (Å²) < 4.78 is 40.5. The van der Waals surface area contributed by atoms with Gasteiger partial charge in [0.2, 0.25) is 5.91 Å². The zero-order valence-electron chi connectivity index (χ0n) is 11.1. The van der Waals surface area contributed by atoms with E-state index in [9.17, 15) is 18.0 Å². The number of amides is 1. The van der Waals surface area contributed by atoms with Gasteiger partial charge in [-0.25, -0.2) is 0 Å². The van der Waals surface area contributed by atoms with Crippen molar-refractivity contribution >= 4 is 5.91 Å². The van der Waals surface area contributed by atoms with E-state index in [1.807, 2.05) is 6.92 Å². The molecule has 1 fully saturated rings. The molecule has 20 heavy (non-hydrogen) atoms. The summed E-state index contributed by atoms with van der Waals surface area (Å²) in [5.74, 6) is -0.236. The second kappa shape index (κ2) is 5.34. The number of carbonyl (C=O) groups is 1. The second-order valence-electron chi connectivity index (χ2n) is 5.05. The van der Waals surface area contributed by atoms with E-state index in [2.05, 4.69) is 10.1 Å². The number of benzene rings is 1. The predicted octanol–water partition coefficient (Wildman–Crippen LogP) is 3.19. The number of hydrogen-bond acceptors (Lipinski definition) is 2. The largest absolute Gasteiger partial charge is 0.573 e. The van der Waals surface area contributed by atoms with Crippen molar-refractivity contribution in [1.82, 2.24) is 5.32 Å². The fourth-order valence-electron chi connectivity index (χ4n) is 2.54. The van der Waals surface area contributed by atoms with E-state index in [-0.39, 0.29) is 17.2 Å². The van der Waals surface area contributed by atoms with E-state index in [4.69, 9.17) is 0 Å². The number of nitrogens with one attached hydrogen (secondary N) is 1. The topological polar surface area (TPSA) is 38.3 Å². The maximum Gasteiger partial charge on any atom is 0.573 e. The first-order valence-corrected chi connectivity index (χ1v) is 6.48. The van der Waals surface area contributed by atoms with Gasteiger partial charge in [-0.15, -0.1) is 13.2 Å². The van der Waals surface area contributed by atoms with Crippen molar-refractivity contribution in [3.05, 3.63) is 29.8 Å². The average Bonchev–Trinajstić information content (AvgIpc) is 2.70. The molecule has 110 valence electrons. The van der Waals surface area contributed by atoms with E-state index in [0.717, 1.165) is 12.0 Å². The van der Waals surface area contributed by atoms with Crippen molar-refractivity contribution in [2.45, 2.75) is 44.5 Å². The Morgan fingerprint density at radius 2 is 2.15 bits per heavy atom. The van der Waals surface area contributed by atoms with Crippen LogP contribution >= 0.6 is 0 Å². The maximum absolute atomic E-state index is 12.2. The highest BCUT2D eigenvalue weighted by atomic mass is 19.4. The molecule has 1 aliphatic heterocycles. The molecule has 0 spiro atoms. The minimum absolute atomic E-state index is 0.00505. The van der Waals surface area contributed by atoms with Gasteiger partial charge in [0.25, 0.3) is 0 Å². The van der Waals surface area contributed by atoms with Crippen LogP contribution in [-0.2, 0) is 11.2 Å². The van der Waals surface area contributed by atoms with Gasteiger partial charge < -0.3 is 10.1 Å². The standard InChI is InChI=1S/C14H16F3NO2/c1-2-13(7-6-12(19)18-13)9-10-4-3-5-11(8-10)20-14(15,16)17/h3-5,8H,2,6-7,9H2,1H3,(H,18,19). The lowest BCUT2D eigenvalue weighted by molar-refractivity contribution is -0.274. The molecule has 3 nitrogen and oxygen atoms in total. The lowest BCUT2D eigenvalue weighted by Gasteiger charge is -2.28. The van der Waals surface area contributed by atoms with Gasteiger partial charge in [0.05, 0.1) is 0 Å². The normalized spacial score (nSPS) is 22.7. The lowest BCUT2D eigenvalue weighted by atomic mass is 9.87. The fraction of sp³-hybridized carbons (Fsp3) is 0.500. The number of rotatable bonds is 4. The van der Waals surface area contributed by atoms with E-state index in [1.165, 1.54) is 18.2 Å². The van der Waals surface area contributed by atoms with Crippen LogP contribution < -0.4 is 10.1 Å². The third-order valence-corrected chi connectivity index (χ3v) is 3.59. The number of halogens is 3. The van der Waals surface area contributed by atoms with Crippen LogP contribution in [0.4, 0.5) is 13.2 Å². The van der Waals surface area contributed by atoms with Crippen LogP contribution in [0.2, 0.25) is 0 Å². The molecule has 2 rings (SSSR count). The minimum atomic E-state index is -4.69. The Labute approximate surface area is 115 Å². The molecular formula is C14H16F3NO2. The number of alkyl halides is 3. The monoisotopic (exact) mass is 287 g/mol. The van der Waals surface area contributed by atoms with Crippen molar-refractivity contribution in [2.75, 3.05) is 0 Å². The molecule has 6 heteroatoms. The molecule has 0 radical (unpaired) electrons. The summed E-state index contributed by atoms with van der Waals surface area (Å²) >= 11 is 0. The van der Waals surface area contributed by atoms with Crippen LogP contribution in [0.5, 0.6) is 5.75 Å². The summed E-state index contributed by atoms with van der Waals surface area (Å²) in [4.78, 5) is 11.4. The Kier molecular flexibility index (Phi) is 3.92. The average molecular weight is 287 g/mol. The van der Waals surface area contributed by atoms with Gasteiger partial charge in [-0.1, -0.05) is 19.1 Å². The molecule has 0 aliphatic carbocycles. The molecule has 1 aromatic carbocycles. The Balaban J connectivity index is 2.13. The van der Waals surface area contributed by atoms with E-state index in [0.29, 0.717) is 19.3 Å². The summed E-state index contributed by atoms with van der Waals surface area (Å²) in [6.45, 7) is 1.96. The summed E-state index contributed by atoms with van der Waals surface area (Å²) in [7, 11) is 0. The molecule has 0 saturated carbocycles. The molecule has 1 aliphatic rings. The zero-order valence-corrected chi connectivity index (χ0v) is 11.1. The minimum Gasteiger partial charge on any atom is -0.406 e. The molecule has 1 unspecified atom stereocenters. The van der Waals surface area contributed by atoms with Crippen LogP contribution in [0.25, 0.3) is 0 Å². The SMILES string of the molecule is CCC1(Cc2cccc(OC(F)(F)F)c2)CCC(=O)N1. The van der Waals surface area contributed by atoms with Gasteiger partial charge in [0, 0.05) is 12.0 Å². The van der Waals surface area contributed by atoms with Gasteiger partial charge in [-0.05, 0) is 37.0 Å². The Bertz CT molecular complexity index is 501. The Hall–Kier alpha value is -1.72. The molecule has 1 aromatic rings. The van der Waals surface area contributed by atoms with Crippen LogP contribution in [0.15, 0.2) is 24.3 Å².